The molecule has 0 aliphatic carbocycles. The number of para-hydroxylation sites is 1. The van der Waals surface area contributed by atoms with Crippen LogP contribution in [0.4, 0.5) is 5.69 Å². The van der Waals surface area contributed by atoms with Crippen molar-refractivity contribution in [1.29, 1.82) is 0 Å². The maximum atomic E-state index is 13.7. The highest BCUT2D eigenvalue weighted by Gasteiger charge is 2.27. The number of nitrogens with zero attached hydrogens (tertiary/aromatic N) is 3. The smallest absolute Gasteiger partial charge is 0.330 e. The Morgan fingerprint density at radius 1 is 1.18 bits per heavy atom. The van der Waals surface area contributed by atoms with Crippen LogP contribution in [0.2, 0.25) is 0 Å². The van der Waals surface area contributed by atoms with Crippen LogP contribution in [-0.2, 0) is 9.53 Å². The van der Waals surface area contributed by atoms with Crippen molar-refractivity contribution >= 4 is 23.4 Å². The number of fused-ring (bicyclic) bond motifs is 1. The molecule has 0 radical (unpaired) electrons. The summed E-state index contributed by atoms with van der Waals surface area (Å²) in [6.07, 6.45) is 4.24. The Balaban J connectivity index is 1.86. The maximum Gasteiger partial charge on any atom is 0.330 e. The highest BCUT2D eigenvalue weighted by atomic mass is 16.5. The topological polar surface area (TPSA) is 85.6 Å². The molecule has 2 heterocycles. The van der Waals surface area contributed by atoms with Crippen molar-refractivity contribution in [3.63, 3.8) is 0 Å². The zero-order valence-electron chi connectivity index (χ0n) is 18.7. The van der Waals surface area contributed by atoms with Crippen molar-refractivity contribution in [3.8, 4) is 11.3 Å². The molecule has 33 heavy (non-hydrogen) atoms. The summed E-state index contributed by atoms with van der Waals surface area (Å²) in [5, 5.41) is 4.59. The Morgan fingerprint density at radius 3 is 2.58 bits per heavy atom. The Hall–Kier alpha value is -4.00. The minimum Gasteiger partial charge on any atom is -0.463 e. The molecule has 1 N–H and O–H groups in total. The van der Waals surface area contributed by atoms with Crippen molar-refractivity contribution in [2.24, 2.45) is 5.10 Å². The molecular weight excluding hydrogens is 416 g/mol. The summed E-state index contributed by atoms with van der Waals surface area (Å²) in [4.78, 5) is 30.5. The van der Waals surface area contributed by atoms with Crippen LogP contribution in [0.25, 0.3) is 17.3 Å². The molecule has 1 atom stereocenters. The minimum atomic E-state index is -0.499. The van der Waals surface area contributed by atoms with Gasteiger partial charge in [0.05, 0.1) is 23.6 Å². The van der Waals surface area contributed by atoms with E-state index < -0.39 is 5.97 Å². The van der Waals surface area contributed by atoms with Gasteiger partial charge in [0.15, 0.2) is 5.82 Å². The first kappa shape index (κ1) is 22.2. The Kier molecular flexibility index (Phi) is 6.78. The molecule has 0 saturated carbocycles. The number of nitrogens with one attached hydrogen (secondary N) is 1. The maximum absolute atomic E-state index is 13.7. The first-order chi connectivity index (χ1) is 16.1. The first-order valence-electron chi connectivity index (χ1n) is 11.0. The van der Waals surface area contributed by atoms with E-state index in [4.69, 9.17) is 9.72 Å². The van der Waals surface area contributed by atoms with Gasteiger partial charge >= 0.3 is 5.97 Å². The lowest BCUT2D eigenvalue weighted by molar-refractivity contribution is -0.137. The summed E-state index contributed by atoms with van der Waals surface area (Å²) in [5.41, 5.74) is 6.08. The van der Waals surface area contributed by atoms with Gasteiger partial charge in [-0.05, 0) is 44.9 Å². The summed E-state index contributed by atoms with van der Waals surface area (Å²) >= 11 is 0. The normalized spacial score (nSPS) is 16.5. The molecule has 1 aliphatic rings. The van der Waals surface area contributed by atoms with Crippen molar-refractivity contribution in [2.75, 3.05) is 12.0 Å². The van der Waals surface area contributed by atoms with Crippen LogP contribution >= 0.6 is 0 Å². The molecule has 1 unspecified atom stereocenters. The third kappa shape index (κ3) is 4.92. The van der Waals surface area contributed by atoms with Crippen LogP contribution in [0.15, 0.2) is 76.6 Å². The van der Waals surface area contributed by atoms with E-state index in [0.717, 1.165) is 17.7 Å². The number of anilines is 1. The SMILES string of the molecule is CCOC(=O)/C=C/c1c(-c2ccccc2)nc2n(c1=O)C(C)CC/C2=N\Nc1ccccc1. The van der Waals surface area contributed by atoms with Crippen LogP contribution in [0.3, 0.4) is 0 Å². The number of ether oxygens (including phenoxy) is 1. The summed E-state index contributed by atoms with van der Waals surface area (Å²) in [5.74, 6) is 0.0373. The van der Waals surface area contributed by atoms with Crippen LogP contribution in [0, 0.1) is 0 Å². The second kappa shape index (κ2) is 10.1. The van der Waals surface area contributed by atoms with Gasteiger partial charge in [-0.3, -0.25) is 14.8 Å². The lowest BCUT2D eigenvalue weighted by Crippen LogP contribution is -2.36. The number of benzene rings is 2. The Morgan fingerprint density at radius 2 is 1.88 bits per heavy atom. The lowest BCUT2D eigenvalue weighted by Gasteiger charge is -2.26. The monoisotopic (exact) mass is 442 g/mol. The van der Waals surface area contributed by atoms with Crippen molar-refractivity contribution in [1.82, 2.24) is 9.55 Å². The zero-order valence-corrected chi connectivity index (χ0v) is 18.7. The number of hydrogen-bond acceptors (Lipinski definition) is 6. The van der Waals surface area contributed by atoms with Gasteiger partial charge in [-0.1, -0.05) is 48.5 Å². The quantitative estimate of drug-likeness (QED) is 0.341. The Bertz CT molecular complexity index is 1250. The average molecular weight is 443 g/mol. The molecule has 168 valence electrons. The predicted molar refractivity (Wildman–Crippen MR) is 130 cm³/mol. The van der Waals surface area contributed by atoms with Crippen LogP contribution in [0.5, 0.6) is 0 Å². The fourth-order valence-corrected chi connectivity index (χ4v) is 3.80. The van der Waals surface area contributed by atoms with E-state index in [1.54, 1.807) is 11.5 Å². The van der Waals surface area contributed by atoms with Crippen LogP contribution in [0.1, 0.15) is 44.1 Å². The summed E-state index contributed by atoms with van der Waals surface area (Å²) in [7, 11) is 0. The minimum absolute atomic E-state index is 0.0461. The van der Waals surface area contributed by atoms with E-state index in [2.05, 4.69) is 10.5 Å². The summed E-state index contributed by atoms with van der Waals surface area (Å²) in [6, 6.07) is 19.1. The van der Waals surface area contributed by atoms with E-state index >= 15 is 0 Å². The molecule has 0 spiro atoms. The van der Waals surface area contributed by atoms with Gasteiger partial charge in [0.2, 0.25) is 0 Å². The number of rotatable bonds is 6. The van der Waals surface area contributed by atoms with Crippen LogP contribution < -0.4 is 11.0 Å². The summed E-state index contributed by atoms with van der Waals surface area (Å²) in [6.45, 7) is 4.00. The van der Waals surface area contributed by atoms with Gasteiger partial charge in [0.25, 0.3) is 5.56 Å². The molecule has 7 heteroatoms. The second-order valence-corrected chi connectivity index (χ2v) is 7.75. The molecule has 0 saturated heterocycles. The van der Waals surface area contributed by atoms with Crippen molar-refractivity contribution in [3.05, 3.63) is 88.5 Å². The molecule has 0 amide bonds. The molecular formula is C26H26N4O3. The van der Waals surface area contributed by atoms with E-state index in [1.165, 1.54) is 12.2 Å². The number of carbonyl (C=O) groups excluding carboxylic acids is 1. The van der Waals surface area contributed by atoms with Gasteiger partial charge in [-0.25, -0.2) is 9.78 Å². The predicted octanol–water partition coefficient (Wildman–Crippen LogP) is 4.66. The molecule has 4 rings (SSSR count). The second-order valence-electron chi connectivity index (χ2n) is 7.75. The molecule has 3 aromatic rings. The fraction of sp³-hybridized carbons (Fsp3) is 0.231. The molecule has 1 aliphatic heterocycles. The Labute approximate surface area is 192 Å². The van der Waals surface area contributed by atoms with E-state index in [9.17, 15) is 9.59 Å². The van der Waals surface area contributed by atoms with Crippen molar-refractivity contribution in [2.45, 2.75) is 32.7 Å². The highest BCUT2D eigenvalue weighted by molar-refractivity contribution is 5.99. The number of aromatic nitrogens is 2. The highest BCUT2D eigenvalue weighted by Crippen LogP contribution is 2.27. The average Bonchev–Trinajstić information content (AvgIpc) is 2.84. The zero-order chi connectivity index (χ0) is 23.2. The standard InChI is InChI=1S/C26H26N4O3/c1-3-33-23(31)17-15-21-24(19-10-6-4-7-11-19)27-25-22(16-14-18(2)30(25)26(21)32)29-28-20-12-8-5-9-13-20/h4-13,15,17-18,28H,3,14,16H2,1-2H3/b17-15+,29-22+. The van der Waals surface area contributed by atoms with E-state index in [1.807, 2.05) is 67.6 Å². The lowest BCUT2D eigenvalue weighted by atomic mass is 10.0. The third-order valence-corrected chi connectivity index (χ3v) is 5.46. The number of esters is 1. The number of carbonyl (C=O) groups is 1. The third-order valence-electron chi connectivity index (χ3n) is 5.46. The number of hydrazone groups is 1. The molecule has 0 fully saturated rings. The van der Waals surface area contributed by atoms with Crippen LogP contribution in [-0.4, -0.2) is 27.8 Å². The van der Waals surface area contributed by atoms with E-state index in [-0.39, 0.29) is 18.2 Å². The molecule has 7 nitrogen and oxygen atoms in total. The number of hydrogen-bond donors (Lipinski definition) is 1. The van der Waals surface area contributed by atoms with Gasteiger partial charge in [0, 0.05) is 17.7 Å². The van der Waals surface area contributed by atoms with Gasteiger partial charge in [0.1, 0.15) is 5.71 Å². The molecule has 1 aromatic heterocycles. The van der Waals surface area contributed by atoms with Gasteiger partial charge < -0.3 is 4.74 Å². The largest absolute Gasteiger partial charge is 0.463 e. The molecule has 2 aromatic carbocycles. The molecule has 0 bridgehead atoms. The summed E-state index contributed by atoms with van der Waals surface area (Å²) < 4.78 is 6.66. The van der Waals surface area contributed by atoms with E-state index in [0.29, 0.717) is 29.2 Å². The van der Waals surface area contributed by atoms with Crippen molar-refractivity contribution < 1.29 is 9.53 Å². The first-order valence-corrected chi connectivity index (χ1v) is 11.0. The van der Waals surface area contributed by atoms with Gasteiger partial charge in [-0.2, -0.15) is 5.10 Å². The fourth-order valence-electron chi connectivity index (χ4n) is 3.80. The van der Waals surface area contributed by atoms with Gasteiger partial charge in [-0.15, -0.1) is 0 Å².